The molecule has 0 spiro atoms. The lowest BCUT2D eigenvalue weighted by Crippen LogP contribution is -2.29. The molecule has 0 bridgehead atoms. The molecule has 0 saturated carbocycles. The zero-order chi connectivity index (χ0) is 16.3. The molecular weight excluding hydrogens is 306 g/mol. The number of nitrogens with zero attached hydrogens (tertiary/aromatic N) is 3. The van der Waals surface area contributed by atoms with Crippen molar-refractivity contribution in [3.05, 3.63) is 59.4 Å². The van der Waals surface area contributed by atoms with E-state index in [2.05, 4.69) is 9.55 Å². The lowest BCUT2D eigenvalue weighted by Gasteiger charge is -2.15. The summed E-state index contributed by atoms with van der Waals surface area (Å²) in [5, 5.41) is 0. The Kier molecular flexibility index (Phi) is 2.66. The Bertz CT molecular complexity index is 987. The molecule has 0 saturated heterocycles. The molecule has 24 heavy (non-hydrogen) atoms. The van der Waals surface area contributed by atoms with Crippen LogP contribution in [0.5, 0.6) is 0 Å². The quantitative estimate of drug-likeness (QED) is 0.646. The van der Waals surface area contributed by atoms with Crippen LogP contribution in [0.15, 0.2) is 42.5 Å². The summed E-state index contributed by atoms with van der Waals surface area (Å²) in [5.74, 6) is 0.292. The maximum absolute atomic E-state index is 12.6. The predicted molar refractivity (Wildman–Crippen MR) is 87.0 cm³/mol. The number of fused-ring (bicyclic) bond motifs is 4. The highest BCUT2D eigenvalue weighted by atomic mass is 16.5. The molecule has 0 N–H and O–H groups in total. The maximum atomic E-state index is 12.6. The molecule has 118 valence electrons. The van der Waals surface area contributed by atoms with Crippen LogP contribution in [0.1, 0.15) is 26.5 Å². The van der Waals surface area contributed by atoms with E-state index in [9.17, 15) is 9.59 Å². The first-order valence-corrected chi connectivity index (χ1v) is 7.79. The smallest absolute Gasteiger partial charge is 0.266 e. The van der Waals surface area contributed by atoms with Crippen LogP contribution in [-0.2, 0) is 17.9 Å². The standard InChI is InChI=1S/C18H13N3O3/c22-17-12-3-1-2-4-13(12)18(23)21(17)11-5-6-15-14(9-11)19-16-10-24-8-7-20(15)16/h1-6,9H,7-8,10H2. The van der Waals surface area contributed by atoms with Gasteiger partial charge in [0.15, 0.2) is 0 Å². The highest BCUT2D eigenvalue weighted by Gasteiger charge is 2.36. The van der Waals surface area contributed by atoms with E-state index in [0.29, 0.717) is 30.0 Å². The number of ether oxygens (including phenoxy) is 1. The zero-order valence-electron chi connectivity index (χ0n) is 12.7. The van der Waals surface area contributed by atoms with Gasteiger partial charge in [0.2, 0.25) is 0 Å². The molecule has 3 aromatic rings. The van der Waals surface area contributed by atoms with Gasteiger partial charge in [0.25, 0.3) is 11.8 Å². The summed E-state index contributed by atoms with van der Waals surface area (Å²) >= 11 is 0. The van der Waals surface area contributed by atoms with Crippen molar-refractivity contribution in [2.75, 3.05) is 11.5 Å². The summed E-state index contributed by atoms with van der Waals surface area (Å²) in [6, 6.07) is 12.4. The normalized spacial score (nSPS) is 16.6. The van der Waals surface area contributed by atoms with Crippen molar-refractivity contribution in [3.8, 4) is 0 Å². The van der Waals surface area contributed by atoms with Crippen LogP contribution in [0, 0.1) is 0 Å². The number of carbonyl (C=O) groups excluding carboxylic acids is 2. The summed E-state index contributed by atoms with van der Waals surface area (Å²) < 4.78 is 7.55. The number of benzene rings is 2. The minimum atomic E-state index is -0.290. The number of amides is 2. The Hall–Kier alpha value is -2.99. The van der Waals surface area contributed by atoms with Gasteiger partial charge in [-0.15, -0.1) is 0 Å². The van der Waals surface area contributed by atoms with Crippen molar-refractivity contribution >= 4 is 28.5 Å². The van der Waals surface area contributed by atoms with Gasteiger partial charge >= 0.3 is 0 Å². The third-order valence-corrected chi connectivity index (χ3v) is 4.55. The minimum Gasteiger partial charge on any atom is -0.372 e. The van der Waals surface area contributed by atoms with Gasteiger partial charge in [-0.1, -0.05) is 12.1 Å². The maximum Gasteiger partial charge on any atom is 0.266 e. The average Bonchev–Trinajstić information content (AvgIpc) is 3.10. The number of anilines is 1. The van der Waals surface area contributed by atoms with E-state index in [0.717, 1.165) is 23.4 Å². The third kappa shape index (κ3) is 1.71. The number of rotatable bonds is 1. The van der Waals surface area contributed by atoms with Crippen LogP contribution in [0.2, 0.25) is 0 Å². The lowest BCUT2D eigenvalue weighted by atomic mass is 10.1. The Morgan fingerprint density at radius 1 is 1.00 bits per heavy atom. The van der Waals surface area contributed by atoms with Gasteiger partial charge < -0.3 is 9.30 Å². The van der Waals surface area contributed by atoms with Gasteiger partial charge in [-0.3, -0.25) is 9.59 Å². The van der Waals surface area contributed by atoms with E-state index in [1.165, 1.54) is 4.90 Å². The van der Waals surface area contributed by atoms with Gasteiger partial charge in [-0.05, 0) is 30.3 Å². The largest absolute Gasteiger partial charge is 0.372 e. The second-order valence-electron chi connectivity index (χ2n) is 5.90. The fourth-order valence-electron chi connectivity index (χ4n) is 3.41. The first-order chi connectivity index (χ1) is 11.7. The van der Waals surface area contributed by atoms with Gasteiger partial charge in [0.05, 0.1) is 34.5 Å². The number of carbonyl (C=O) groups is 2. The van der Waals surface area contributed by atoms with E-state index in [-0.39, 0.29) is 11.8 Å². The molecule has 5 rings (SSSR count). The fraction of sp³-hybridized carbons (Fsp3) is 0.167. The van der Waals surface area contributed by atoms with Crippen LogP contribution < -0.4 is 4.90 Å². The first-order valence-electron chi connectivity index (χ1n) is 7.79. The number of imidazole rings is 1. The Morgan fingerprint density at radius 2 is 1.75 bits per heavy atom. The third-order valence-electron chi connectivity index (χ3n) is 4.55. The summed E-state index contributed by atoms with van der Waals surface area (Å²) in [6.45, 7) is 1.91. The van der Waals surface area contributed by atoms with Crippen LogP contribution in [0.25, 0.3) is 11.0 Å². The lowest BCUT2D eigenvalue weighted by molar-refractivity contribution is 0.0830. The highest BCUT2D eigenvalue weighted by Crippen LogP contribution is 2.31. The van der Waals surface area contributed by atoms with E-state index in [1.807, 2.05) is 6.07 Å². The van der Waals surface area contributed by atoms with E-state index < -0.39 is 0 Å². The Morgan fingerprint density at radius 3 is 2.50 bits per heavy atom. The van der Waals surface area contributed by atoms with E-state index in [1.54, 1.807) is 36.4 Å². The molecule has 1 aromatic heterocycles. The molecule has 6 heteroatoms. The number of aromatic nitrogens is 2. The summed E-state index contributed by atoms with van der Waals surface area (Å²) in [4.78, 5) is 31.0. The van der Waals surface area contributed by atoms with Gasteiger partial charge in [0, 0.05) is 6.54 Å². The predicted octanol–water partition coefficient (Wildman–Crippen LogP) is 2.37. The minimum absolute atomic E-state index is 0.290. The molecule has 3 heterocycles. The molecule has 0 fully saturated rings. The molecule has 0 unspecified atom stereocenters. The SMILES string of the molecule is O=C1c2ccccc2C(=O)N1c1ccc2c(c1)nc1n2CCOC1. The van der Waals surface area contributed by atoms with Gasteiger partial charge in [-0.25, -0.2) is 9.88 Å². The number of hydrogen-bond donors (Lipinski definition) is 0. The number of hydrogen-bond acceptors (Lipinski definition) is 4. The topological polar surface area (TPSA) is 64.4 Å². The van der Waals surface area contributed by atoms with Crippen molar-refractivity contribution in [2.24, 2.45) is 0 Å². The van der Waals surface area contributed by atoms with Crippen molar-refractivity contribution in [2.45, 2.75) is 13.2 Å². The van der Waals surface area contributed by atoms with Gasteiger partial charge in [-0.2, -0.15) is 0 Å². The molecule has 0 atom stereocenters. The van der Waals surface area contributed by atoms with Crippen LogP contribution in [-0.4, -0.2) is 28.0 Å². The van der Waals surface area contributed by atoms with Gasteiger partial charge in [0.1, 0.15) is 12.4 Å². The summed E-state index contributed by atoms with van der Waals surface area (Å²) in [7, 11) is 0. The second-order valence-corrected chi connectivity index (χ2v) is 5.90. The molecule has 0 aliphatic carbocycles. The molecule has 2 aliphatic heterocycles. The molecular formula is C18H13N3O3. The highest BCUT2D eigenvalue weighted by molar-refractivity contribution is 6.34. The molecule has 6 nitrogen and oxygen atoms in total. The fourth-order valence-corrected chi connectivity index (χ4v) is 3.41. The van der Waals surface area contributed by atoms with Crippen molar-refractivity contribution in [1.29, 1.82) is 0 Å². The number of imide groups is 1. The van der Waals surface area contributed by atoms with Crippen molar-refractivity contribution in [1.82, 2.24) is 9.55 Å². The van der Waals surface area contributed by atoms with Crippen LogP contribution >= 0.6 is 0 Å². The monoisotopic (exact) mass is 319 g/mol. The van der Waals surface area contributed by atoms with E-state index >= 15 is 0 Å². The zero-order valence-corrected chi connectivity index (χ0v) is 12.7. The van der Waals surface area contributed by atoms with Crippen molar-refractivity contribution < 1.29 is 14.3 Å². The van der Waals surface area contributed by atoms with Crippen LogP contribution in [0.4, 0.5) is 5.69 Å². The van der Waals surface area contributed by atoms with Crippen LogP contribution in [0.3, 0.4) is 0 Å². The molecule has 0 radical (unpaired) electrons. The first kappa shape index (κ1) is 13.4. The summed E-state index contributed by atoms with van der Waals surface area (Å²) in [6.07, 6.45) is 0. The van der Waals surface area contributed by atoms with E-state index in [4.69, 9.17) is 4.74 Å². The Labute approximate surface area is 137 Å². The van der Waals surface area contributed by atoms with Crippen molar-refractivity contribution in [3.63, 3.8) is 0 Å². The molecule has 2 amide bonds. The molecule has 2 aromatic carbocycles. The molecule has 2 aliphatic rings. The average molecular weight is 319 g/mol. The Balaban J connectivity index is 1.63. The second kappa shape index (κ2) is 4.75. The summed E-state index contributed by atoms with van der Waals surface area (Å²) in [5.41, 5.74) is 3.20.